The van der Waals surface area contributed by atoms with Crippen LogP contribution in [-0.2, 0) is 36.8 Å². The zero-order valence-corrected chi connectivity index (χ0v) is 29.3. The average molecular weight is 694 g/mol. The van der Waals surface area contributed by atoms with E-state index in [2.05, 4.69) is 15.6 Å². The number of aromatic nitrogens is 1. The van der Waals surface area contributed by atoms with Crippen molar-refractivity contribution in [2.24, 2.45) is 5.41 Å². The zero-order valence-electron chi connectivity index (χ0n) is 29.3. The molecular formula is C40H47N5O6. The Morgan fingerprint density at radius 3 is 2.31 bits per heavy atom. The summed E-state index contributed by atoms with van der Waals surface area (Å²) in [6.45, 7) is 3.70. The fourth-order valence-electron chi connectivity index (χ4n) is 7.30. The Kier molecular flexibility index (Phi) is 12.4. The molecule has 2 heterocycles. The van der Waals surface area contributed by atoms with Crippen LogP contribution in [0, 0.1) is 5.41 Å². The van der Waals surface area contributed by atoms with Gasteiger partial charge in [0, 0.05) is 44.4 Å². The molecule has 51 heavy (non-hydrogen) atoms. The summed E-state index contributed by atoms with van der Waals surface area (Å²) in [6, 6.07) is 19.9. The molecule has 1 saturated heterocycles. The summed E-state index contributed by atoms with van der Waals surface area (Å²) < 4.78 is 0. The number of aryl methyl sites for hydroxylation is 1. The number of hydrogen-bond acceptors (Lipinski definition) is 6. The molecule has 1 aliphatic heterocycles. The maximum Gasteiger partial charge on any atom is 0.352 e. The molecular weight excluding hydrogens is 646 g/mol. The van der Waals surface area contributed by atoms with Crippen LogP contribution in [0.5, 0.6) is 0 Å². The first-order valence-electron chi connectivity index (χ1n) is 17.8. The van der Waals surface area contributed by atoms with Gasteiger partial charge in [0.05, 0.1) is 5.41 Å². The third-order valence-electron chi connectivity index (χ3n) is 9.90. The first kappa shape index (κ1) is 36.9. The van der Waals surface area contributed by atoms with E-state index in [1.807, 2.05) is 49.4 Å². The second-order valence-corrected chi connectivity index (χ2v) is 13.5. The maximum atomic E-state index is 14.3. The van der Waals surface area contributed by atoms with E-state index in [-0.39, 0.29) is 29.3 Å². The molecule has 0 spiro atoms. The van der Waals surface area contributed by atoms with E-state index >= 15 is 0 Å². The van der Waals surface area contributed by atoms with Crippen molar-refractivity contribution in [1.29, 1.82) is 0 Å². The van der Waals surface area contributed by atoms with E-state index in [0.717, 1.165) is 24.0 Å². The Labute approximate surface area is 299 Å². The Morgan fingerprint density at radius 2 is 1.69 bits per heavy atom. The number of carboxylic acids is 1. The minimum absolute atomic E-state index is 0.0844. The van der Waals surface area contributed by atoms with E-state index in [9.17, 15) is 29.1 Å². The van der Waals surface area contributed by atoms with Crippen LogP contribution in [0.25, 0.3) is 6.08 Å². The molecule has 2 fully saturated rings. The van der Waals surface area contributed by atoms with E-state index in [1.165, 1.54) is 13.0 Å². The predicted octanol–water partition coefficient (Wildman–Crippen LogP) is 5.26. The highest BCUT2D eigenvalue weighted by Gasteiger charge is 2.48. The molecule has 2 aromatic carbocycles. The van der Waals surface area contributed by atoms with Gasteiger partial charge in [-0.05, 0) is 79.5 Å². The number of anilines is 1. The van der Waals surface area contributed by atoms with Crippen molar-refractivity contribution in [1.82, 2.24) is 20.5 Å². The summed E-state index contributed by atoms with van der Waals surface area (Å²) in [4.78, 5) is 73.0. The van der Waals surface area contributed by atoms with Crippen molar-refractivity contribution in [3.8, 4) is 0 Å². The quantitative estimate of drug-likeness (QED) is 0.184. The Bertz CT molecular complexity index is 1720. The van der Waals surface area contributed by atoms with Crippen LogP contribution < -0.4 is 15.5 Å². The first-order valence-corrected chi connectivity index (χ1v) is 17.8. The number of hydrogen-bond donors (Lipinski definition) is 3. The number of aliphatic carboxylic acids is 1. The van der Waals surface area contributed by atoms with Crippen LogP contribution in [0.3, 0.4) is 0 Å². The third-order valence-corrected chi connectivity index (χ3v) is 9.90. The molecule has 0 radical (unpaired) electrons. The highest BCUT2D eigenvalue weighted by Crippen LogP contribution is 2.41. The van der Waals surface area contributed by atoms with Gasteiger partial charge in [-0.1, -0.05) is 68.3 Å². The number of carboxylic acid groups (broad SMARTS) is 1. The van der Waals surface area contributed by atoms with Gasteiger partial charge >= 0.3 is 5.97 Å². The summed E-state index contributed by atoms with van der Waals surface area (Å²) >= 11 is 0. The minimum atomic E-state index is -1.28. The number of nitrogens with one attached hydrogen (secondary N) is 2. The molecule has 0 bridgehead atoms. The monoisotopic (exact) mass is 693 g/mol. The van der Waals surface area contributed by atoms with Crippen molar-refractivity contribution in [3.63, 3.8) is 0 Å². The topological polar surface area (TPSA) is 149 Å². The standard InChI is InChI=1S/C40H47N5O6/c1-3-10-36(47)45-34(26-31-13-9-23-41-27-31)37(48)44(35(45)19-16-29-11-5-4-6-12-29)32-17-14-30(15-18-32)25-33(38(49)50)43-39(51)40(20-7-8-21-40)22-24-42-28(2)46/h4-6,9,11-15,17-18,23,25,27,34-35H,3,7-8,10,16,19-22,24,26H2,1-2H3,(H,42,46)(H,43,51)(H,49,50). The maximum absolute atomic E-state index is 14.3. The highest BCUT2D eigenvalue weighted by atomic mass is 16.4. The molecule has 3 aromatic rings. The van der Waals surface area contributed by atoms with Gasteiger partial charge in [-0.2, -0.15) is 0 Å². The second-order valence-electron chi connectivity index (χ2n) is 13.5. The van der Waals surface area contributed by atoms with Crippen molar-refractivity contribution < 1.29 is 29.1 Å². The molecule has 5 rings (SSSR count). The van der Waals surface area contributed by atoms with E-state index in [4.69, 9.17) is 0 Å². The largest absolute Gasteiger partial charge is 0.477 e. The fourth-order valence-corrected chi connectivity index (χ4v) is 7.30. The number of amides is 4. The van der Waals surface area contributed by atoms with Gasteiger partial charge in [-0.25, -0.2) is 4.79 Å². The molecule has 2 aliphatic rings. The van der Waals surface area contributed by atoms with E-state index < -0.39 is 23.6 Å². The summed E-state index contributed by atoms with van der Waals surface area (Å²) in [6.07, 6.45) is 10.1. The van der Waals surface area contributed by atoms with Gasteiger partial charge in [0.2, 0.25) is 17.7 Å². The van der Waals surface area contributed by atoms with Crippen LogP contribution in [0.2, 0.25) is 0 Å². The van der Waals surface area contributed by atoms with Crippen LogP contribution >= 0.6 is 0 Å². The van der Waals surface area contributed by atoms with Gasteiger partial charge in [0.1, 0.15) is 17.9 Å². The fraction of sp³-hybridized carbons (Fsp3) is 0.400. The second kappa shape index (κ2) is 17.1. The van der Waals surface area contributed by atoms with Crippen molar-refractivity contribution in [2.75, 3.05) is 11.4 Å². The lowest BCUT2D eigenvalue weighted by Crippen LogP contribution is -2.45. The smallest absolute Gasteiger partial charge is 0.352 e. The summed E-state index contributed by atoms with van der Waals surface area (Å²) in [5.41, 5.74) is 2.05. The Balaban J connectivity index is 1.42. The highest BCUT2D eigenvalue weighted by molar-refractivity contribution is 6.04. The van der Waals surface area contributed by atoms with E-state index in [1.54, 1.807) is 46.5 Å². The Morgan fingerprint density at radius 1 is 0.980 bits per heavy atom. The van der Waals surface area contributed by atoms with Gasteiger partial charge in [0.25, 0.3) is 5.91 Å². The van der Waals surface area contributed by atoms with Crippen LogP contribution in [0.1, 0.15) is 81.9 Å². The lowest BCUT2D eigenvalue weighted by atomic mass is 9.81. The van der Waals surface area contributed by atoms with Gasteiger partial charge in [-0.15, -0.1) is 0 Å². The molecule has 1 aliphatic carbocycles. The van der Waals surface area contributed by atoms with Crippen LogP contribution in [0.4, 0.5) is 5.69 Å². The third kappa shape index (κ3) is 9.08. The molecule has 1 aromatic heterocycles. The predicted molar refractivity (Wildman–Crippen MR) is 194 cm³/mol. The van der Waals surface area contributed by atoms with E-state index in [0.29, 0.717) is 69.2 Å². The number of benzene rings is 2. The zero-order chi connectivity index (χ0) is 36.4. The molecule has 3 N–H and O–H groups in total. The molecule has 2 atom stereocenters. The lowest BCUT2D eigenvalue weighted by Gasteiger charge is -2.32. The van der Waals surface area contributed by atoms with Crippen molar-refractivity contribution in [2.45, 2.75) is 90.3 Å². The average Bonchev–Trinajstić information content (AvgIpc) is 3.71. The summed E-state index contributed by atoms with van der Waals surface area (Å²) in [5.74, 6) is -2.10. The van der Waals surface area contributed by atoms with Crippen LogP contribution in [-0.4, -0.2) is 63.3 Å². The normalized spacial score (nSPS) is 18.5. The minimum Gasteiger partial charge on any atom is -0.477 e. The Hall–Kier alpha value is -5.32. The molecule has 1 saturated carbocycles. The SMILES string of the molecule is CCCC(=O)N1C(Cc2cccnc2)C(=O)N(c2ccc(C=C(NC(=O)C3(CCNC(C)=O)CCCC3)C(=O)O)cc2)C1CCc1ccccc1. The van der Waals surface area contributed by atoms with Gasteiger partial charge in [-0.3, -0.25) is 29.1 Å². The lowest BCUT2D eigenvalue weighted by molar-refractivity contribution is -0.137. The number of rotatable bonds is 15. The van der Waals surface area contributed by atoms with Gasteiger partial charge < -0.3 is 20.6 Å². The van der Waals surface area contributed by atoms with Gasteiger partial charge in [0.15, 0.2) is 0 Å². The first-order chi connectivity index (χ1) is 24.6. The number of pyridine rings is 1. The molecule has 11 heteroatoms. The molecule has 11 nitrogen and oxygen atoms in total. The van der Waals surface area contributed by atoms with Crippen molar-refractivity contribution >= 4 is 41.4 Å². The molecule has 2 unspecified atom stereocenters. The number of carbonyl (C=O) groups is 5. The molecule has 268 valence electrons. The summed E-state index contributed by atoms with van der Waals surface area (Å²) in [5, 5.41) is 15.5. The van der Waals surface area contributed by atoms with Crippen molar-refractivity contribution in [3.05, 3.63) is 102 Å². The number of nitrogens with zero attached hydrogens (tertiary/aromatic N) is 3. The number of carbonyl (C=O) groups excluding carboxylic acids is 4. The summed E-state index contributed by atoms with van der Waals surface area (Å²) in [7, 11) is 0. The molecule has 4 amide bonds. The van der Waals surface area contributed by atoms with Crippen LogP contribution in [0.15, 0.2) is 84.8 Å².